The van der Waals surface area contributed by atoms with Crippen molar-refractivity contribution in [1.82, 2.24) is 14.6 Å². The first kappa shape index (κ1) is 15.1. The van der Waals surface area contributed by atoms with E-state index >= 15 is 0 Å². The normalized spacial score (nSPS) is 21.7. The van der Waals surface area contributed by atoms with Crippen LogP contribution in [0.2, 0.25) is 0 Å². The molecule has 2 fully saturated rings. The molecular weight excluding hydrogens is 284 g/mol. The Labute approximate surface area is 131 Å². The Morgan fingerprint density at radius 1 is 1.19 bits per heavy atom. The van der Waals surface area contributed by atoms with Crippen LogP contribution in [-0.2, 0) is 4.74 Å². The molecule has 0 spiro atoms. The van der Waals surface area contributed by atoms with E-state index in [0.29, 0.717) is 6.04 Å². The maximum Gasteiger partial charge on any atom is 0.128 e. The Hall–Kier alpha value is -0.820. The minimum absolute atomic E-state index is 0.684. The summed E-state index contributed by atoms with van der Waals surface area (Å²) >= 11 is 1.83. The maximum absolute atomic E-state index is 5.38. The van der Waals surface area contributed by atoms with Crippen molar-refractivity contribution in [1.29, 1.82) is 0 Å². The first-order chi connectivity index (χ1) is 10.3. The van der Waals surface area contributed by atoms with Crippen molar-refractivity contribution in [3.63, 3.8) is 0 Å². The molecule has 0 aromatic carbocycles. The van der Waals surface area contributed by atoms with E-state index in [9.17, 15) is 0 Å². The molecule has 0 atom stereocenters. The highest BCUT2D eigenvalue weighted by atomic mass is 32.2. The average Bonchev–Trinajstić information content (AvgIpc) is 2.57. The number of nitrogens with zero attached hydrogens (tertiary/aromatic N) is 3. The smallest absolute Gasteiger partial charge is 0.128 e. The van der Waals surface area contributed by atoms with Gasteiger partial charge in [0, 0.05) is 43.3 Å². The van der Waals surface area contributed by atoms with Gasteiger partial charge in [0.25, 0.3) is 0 Å². The van der Waals surface area contributed by atoms with Gasteiger partial charge in [0.1, 0.15) is 5.82 Å². The van der Waals surface area contributed by atoms with Crippen LogP contribution in [0.3, 0.4) is 0 Å². The number of hydrogen-bond donors (Lipinski definition) is 1. The molecule has 2 aliphatic rings. The summed E-state index contributed by atoms with van der Waals surface area (Å²) in [7, 11) is 2.06. The first-order valence-electron chi connectivity index (χ1n) is 7.74. The van der Waals surface area contributed by atoms with Crippen LogP contribution in [0.25, 0.3) is 0 Å². The molecule has 2 saturated heterocycles. The number of anilines is 1. The number of ether oxygens (including phenoxy) is 1. The third-order valence-corrected chi connectivity index (χ3v) is 5.23. The Balaban J connectivity index is 1.52. The number of morpholine rings is 1. The van der Waals surface area contributed by atoms with Crippen LogP contribution in [0.5, 0.6) is 0 Å². The molecular formula is C15H24N4OS. The largest absolute Gasteiger partial charge is 0.378 e. The standard InChI is InChI=1S/C15H24N4OS/c1-16-13-4-6-19(7-5-13)21-14-2-3-15(17-12-14)18-8-10-20-11-9-18/h2-3,12-13,16H,4-11H2,1H3. The zero-order valence-electron chi connectivity index (χ0n) is 12.6. The molecule has 21 heavy (non-hydrogen) atoms. The maximum atomic E-state index is 5.38. The van der Waals surface area contributed by atoms with Gasteiger partial charge >= 0.3 is 0 Å². The molecule has 0 amide bonds. The number of nitrogens with one attached hydrogen (secondary N) is 1. The molecule has 1 aromatic heterocycles. The van der Waals surface area contributed by atoms with Gasteiger partial charge in [-0.05, 0) is 44.0 Å². The van der Waals surface area contributed by atoms with Gasteiger partial charge in [-0.2, -0.15) is 0 Å². The van der Waals surface area contributed by atoms with Gasteiger partial charge in [-0.25, -0.2) is 9.29 Å². The Morgan fingerprint density at radius 3 is 2.57 bits per heavy atom. The monoisotopic (exact) mass is 308 g/mol. The topological polar surface area (TPSA) is 40.6 Å². The lowest BCUT2D eigenvalue weighted by Crippen LogP contribution is -2.38. The van der Waals surface area contributed by atoms with Gasteiger partial charge in [-0.15, -0.1) is 0 Å². The van der Waals surface area contributed by atoms with Gasteiger partial charge in [0.15, 0.2) is 0 Å². The number of rotatable bonds is 4. The third kappa shape index (κ3) is 4.10. The Kier molecular flexibility index (Phi) is 5.35. The zero-order chi connectivity index (χ0) is 14.5. The van der Waals surface area contributed by atoms with Gasteiger partial charge in [0.05, 0.1) is 13.2 Å². The SMILES string of the molecule is CNC1CCN(Sc2ccc(N3CCOCC3)nc2)CC1. The number of aromatic nitrogens is 1. The van der Waals surface area contributed by atoms with Crippen LogP contribution in [-0.4, -0.2) is 61.8 Å². The van der Waals surface area contributed by atoms with E-state index in [2.05, 4.69) is 38.7 Å². The van der Waals surface area contributed by atoms with E-state index in [-0.39, 0.29) is 0 Å². The van der Waals surface area contributed by atoms with Gasteiger partial charge in [-0.3, -0.25) is 0 Å². The fraction of sp³-hybridized carbons (Fsp3) is 0.667. The fourth-order valence-corrected chi connectivity index (χ4v) is 3.71. The molecule has 3 heterocycles. The minimum atomic E-state index is 0.684. The zero-order valence-corrected chi connectivity index (χ0v) is 13.4. The molecule has 1 aromatic rings. The predicted octanol–water partition coefficient (Wildman–Crippen LogP) is 1.61. The van der Waals surface area contributed by atoms with Crippen molar-refractivity contribution in [3.05, 3.63) is 18.3 Å². The molecule has 5 nitrogen and oxygen atoms in total. The molecule has 0 bridgehead atoms. The highest BCUT2D eigenvalue weighted by molar-refractivity contribution is 7.97. The lowest BCUT2D eigenvalue weighted by molar-refractivity contribution is 0.122. The summed E-state index contributed by atoms with van der Waals surface area (Å²) in [5.41, 5.74) is 0. The molecule has 0 aliphatic carbocycles. The highest BCUT2D eigenvalue weighted by Crippen LogP contribution is 2.27. The van der Waals surface area contributed by atoms with Crippen LogP contribution < -0.4 is 10.2 Å². The van der Waals surface area contributed by atoms with Crippen molar-refractivity contribution in [2.24, 2.45) is 0 Å². The molecule has 0 radical (unpaired) electrons. The van der Waals surface area contributed by atoms with Crippen LogP contribution in [0.15, 0.2) is 23.2 Å². The minimum Gasteiger partial charge on any atom is -0.378 e. The predicted molar refractivity (Wildman–Crippen MR) is 86.8 cm³/mol. The summed E-state index contributed by atoms with van der Waals surface area (Å²) in [6, 6.07) is 5.00. The van der Waals surface area contributed by atoms with Gasteiger partial charge < -0.3 is 15.0 Å². The van der Waals surface area contributed by atoms with Crippen LogP contribution in [0.1, 0.15) is 12.8 Å². The molecule has 3 rings (SSSR count). The Morgan fingerprint density at radius 2 is 1.95 bits per heavy atom. The van der Waals surface area contributed by atoms with Gasteiger partial charge in [-0.1, -0.05) is 0 Å². The van der Waals surface area contributed by atoms with E-state index in [1.807, 2.05) is 18.1 Å². The summed E-state index contributed by atoms with van der Waals surface area (Å²) in [5, 5.41) is 3.37. The quantitative estimate of drug-likeness (QED) is 0.852. The van der Waals surface area contributed by atoms with Crippen molar-refractivity contribution >= 4 is 17.8 Å². The summed E-state index contributed by atoms with van der Waals surface area (Å²) in [5.74, 6) is 1.07. The van der Waals surface area contributed by atoms with Crippen LogP contribution in [0.4, 0.5) is 5.82 Å². The molecule has 0 saturated carbocycles. The number of pyridine rings is 1. The van der Waals surface area contributed by atoms with Crippen molar-refractivity contribution in [2.45, 2.75) is 23.8 Å². The van der Waals surface area contributed by atoms with Gasteiger partial charge in [0.2, 0.25) is 0 Å². The lowest BCUT2D eigenvalue weighted by atomic mass is 10.1. The summed E-state index contributed by atoms with van der Waals surface area (Å²) in [6.45, 7) is 5.77. The molecule has 116 valence electrons. The summed E-state index contributed by atoms with van der Waals surface area (Å²) < 4.78 is 7.82. The lowest BCUT2D eigenvalue weighted by Gasteiger charge is -2.31. The second kappa shape index (κ2) is 7.45. The summed E-state index contributed by atoms with van der Waals surface area (Å²) in [6.07, 6.45) is 4.45. The van der Waals surface area contributed by atoms with E-state index < -0.39 is 0 Å². The average molecular weight is 308 g/mol. The number of hydrogen-bond acceptors (Lipinski definition) is 6. The molecule has 1 N–H and O–H groups in total. The van der Waals surface area contributed by atoms with E-state index in [0.717, 1.165) is 45.2 Å². The van der Waals surface area contributed by atoms with E-state index in [4.69, 9.17) is 4.74 Å². The Bertz CT molecular complexity index is 428. The third-order valence-electron chi connectivity index (χ3n) is 4.15. The van der Waals surface area contributed by atoms with Crippen LogP contribution >= 0.6 is 11.9 Å². The molecule has 2 aliphatic heterocycles. The highest BCUT2D eigenvalue weighted by Gasteiger charge is 2.19. The number of piperidine rings is 1. The van der Waals surface area contributed by atoms with Crippen molar-refractivity contribution in [3.8, 4) is 0 Å². The van der Waals surface area contributed by atoms with E-state index in [1.165, 1.54) is 17.7 Å². The molecule has 6 heteroatoms. The first-order valence-corrected chi connectivity index (χ1v) is 8.51. The second-order valence-electron chi connectivity index (χ2n) is 5.53. The van der Waals surface area contributed by atoms with Crippen molar-refractivity contribution in [2.75, 3.05) is 51.3 Å². The van der Waals surface area contributed by atoms with Crippen LogP contribution in [0, 0.1) is 0 Å². The second-order valence-corrected chi connectivity index (χ2v) is 6.71. The molecule has 0 unspecified atom stereocenters. The summed E-state index contributed by atoms with van der Waals surface area (Å²) in [4.78, 5) is 8.13. The van der Waals surface area contributed by atoms with E-state index in [1.54, 1.807) is 0 Å². The fourth-order valence-electron chi connectivity index (χ4n) is 2.79. The van der Waals surface area contributed by atoms with Crippen molar-refractivity contribution < 1.29 is 4.74 Å².